The van der Waals surface area contributed by atoms with E-state index in [0.29, 0.717) is 12.0 Å². The van der Waals surface area contributed by atoms with Crippen LogP contribution in [0.1, 0.15) is 52.4 Å². The molecule has 2 aliphatic heterocycles. The third kappa shape index (κ3) is 3.46. The van der Waals surface area contributed by atoms with E-state index in [4.69, 9.17) is 10.5 Å². The van der Waals surface area contributed by atoms with Crippen molar-refractivity contribution in [1.29, 1.82) is 0 Å². The zero-order chi connectivity index (χ0) is 13.0. The Kier molecular flexibility index (Phi) is 5.46. The second kappa shape index (κ2) is 6.88. The van der Waals surface area contributed by atoms with Gasteiger partial charge in [0.05, 0.1) is 6.10 Å². The molecule has 3 unspecified atom stereocenters. The maximum atomic E-state index is 5.90. The summed E-state index contributed by atoms with van der Waals surface area (Å²) < 4.78 is 5.90. The van der Waals surface area contributed by atoms with E-state index in [1.54, 1.807) is 0 Å². The molecule has 2 aliphatic rings. The number of hydrogen-bond acceptors (Lipinski definition) is 3. The van der Waals surface area contributed by atoms with Gasteiger partial charge in [0.15, 0.2) is 0 Å². The van der Waals surface area contributed by atoms with Gasteiger partial charge in [0.25, 0.3) is 0 Å². The van der Waals surface area contributed by atoms with Gasteiger partial charge >= 0.3 is 0 Å². The molecule has 0 radical (unpaired) electrons. The topological polar surface area (TPSA) is 38.5 Å². The second-order valence-corrected chi connectivity index (χ2v) is 6.30. The molecule has 0 aromatic carbocycles. The van der Waals surface area contributed by atoms with Gasteiger partial charge in [-0.1, -0.05) is 20.3 Å². The summed E-state index contributed by atoms with van der Waals surface area (Å²) >= 11 is 0. The Bertz CT molecular complexity index is 243. The summed E-state index contributed by atoms with van der Waals surface area (Å²) in [5.74, 6) is 0.644. The molecule has 0 bridgehead atoms. The molecule has 2 N–H and O–H groups in total. The molecular formula is C15H30N2O. The van der Waals surface area contributed by atoms with Crippen molar-refractivity contribution in [3.63, 3.8) is 0 Å². The summed E-state index contributed by atoms with van der Waals surface area (Å²) in [6.07, 6.45) is 8.17. The molecule has 18 heavy (non-hydrogen) atoms. The number of likely N-dealkylation sites (tertiary alicyclic amines) is 1. The van der Waals surface area contributed by atoms with Crippen molar-refractivity contribution in [3.05, 3.63) is 0 Å². The molecule has 0 spiro atoms. The maximum Gasteiger partial charge on any atom is 0.0612 e. The minimum atomic E-state index is 0.462. The van der Waals surface area contributed by atoms with Crippen LogP contribution in [0.4, 0.5) is 0 Å². The Morgan fingerprint density at radius 1 is 1.28 bits per heavy atom. The maximum absolute atomic E-state index is 5.90. The third-order valence-electron chi connectivity index (χ3n) is 4.67. The summed E-state index contributed by atoms with van der Waals surface area (Å²) in [7, 11) is 0. The van der Waals surface area contributed by atoms with E-state index in [1.807, 2.05) is 0 Å². The Labute approximate surface area is 112 Å². The number of hydrogen-bond donors (Lipinski definition) is 1. The van der Waals surface area contributed by atoms with Gasteiger partial charge in [-0.2, -0.15) is 0 Å². The molecular weight excluding hydrogens is 224 g/mol. The molecule has 2 fully saturated rings. The molecule has 0 aliphatic carbocycles. The minimum absolute atomic E-state index is 0.462. The van der Waals surface area contributed by atoms with Crippen LogP contribution in [0.5, 0.6) is 0 Å². The first-order valence-corrected chi connectivity index (χ1v) is 7.79. The summed E-state index contributed by atoms with van der Waals surface area (Å²) in [5.41, 5.74) is 5.78. The van der Waals surface area contributed by atoms with E-state index in [-0.39, 0.29) is 0 Å². The second-order valence-electron chi connectivity index (χ2n) is 6.30. The van der Waals surface area contributed by atoms with Crippen LogP contribution in [0.15, 0.2) is 0 Å². The molecule has 2 rings (SSSR count). The van der Waals surface area contributed by atoms with Crippen molar-refractivity contribution in [2.45, 2.75) is 70.6 Å². The highest BCUT2D eigenvalue weighted by Gasteiger charge is 2.33. The van der Waals surface area contributed by atoms with Crippen molar-refractivity contribution in [1.82, 2.24) is 4.90 Å². The number of nitrogens with two attached hydrogens (primary N) is 1. The SMILES string of the molecule is CC(C)C1CC(N2CCCCC2CCN)CCO1. The van der Waals surface area contributed by atoms with Crippen molar-refractivity contribution >= 4 is 0 Å². The Morgan fingerprint density at radius 2 is 2.11 bits per heavy atom. The van der Waals surface area contributed by atoms with Crippen LogP contribution in [0.25, 0.3) is 0 Å². The van der Waals surface area contributed by atoms with E-state index in [0.717, 1.165) is 25.2 Å². The van der Waals surface area contributed by atoms with E-state index in [2.05, 4.69) is 18.7 Å². The zero-order valence-corrected chi connectivity index (χ0v) is 12.1. The van der Waals surface area contributed by atoms with Gasteiger partial charge in [0.1, 0.15) is 0 Å². The standard InChI is InChI=1S/C15H30N2O/c1-12(2)15-11-14(7-10-18-15)17-9-4-3-5-13(17)6-8-16/h12-15H,3-11,16H2,1-2H3. The Balaban J connectivity index is 1.95. The molecule has 3 heteroatoms. The van der Waals surface area contributed by atoms with Crippen LogP contribution in [-0.2, 0) is 4.74 Å². The van der Waals surface area contributed by atoms with Gasteiger partial charge in [-0.3, -0.25) is 4.90 Å². The van der Waals surface area contributed by atoms with Crippen LogP contribution in [-0.4, -0.2) is 42.8 Å². The van der Waals surface area contributed by atoms with Gasteiger partial charge in [0, 0.05) is 18.7 Å². The molecule has 2 heterocycles. The highest BCUT2D eigenvalue weighted by molar-refractivity contribution is 4.87. The summed E-state index contributed by atoms with van der Waals surface area (Å²) in [6.45, 7) is 7.61. The number of nitrogens with zero attached hydrogens (tertiary/aromatic N) is 1. The first-order chi connectivity index (χ1) is 8.72. The first kappa shape index (κ1) is 14.3. The smallest absolute Gasteiger partial charge is 0.0612 e. The highest BCUT2D eigenvalue weighted by Crippen LogP contribution is 2.29. The predicted molar refractivity (Wildman–Crippen MR) is 75.6 cm³/mol. The van der Waals surface area contributed by atoms with Gasteiger partial charge in [-0.15, -0.1) is 0 Å². The molecule has 3 atom stereocenters. The molecule has 0 saturated carbocycles. The lowest BCUT2D eigenvalue weighted by atomic mass is 9.90. The Morgan fingerprint density at radius 3 is 2.83 bits per heavy atom. The third-order valence-corrected chi connectivity index (χ3v) is 4.67. The number of rotatable bonds is 4. The van der Waals surface area contributed by atoms with Gasteiger partial charge in [0.2, 0.25) is 0 Å². The first-order valence-electron chi connectivity index (χ1n) is 7.79. The van der Waals surface area contributed by atoms with Crippen molar-refractivity contribution in [2.75, 3.05) is 19.7 Å². The van der Waals surface area contributed by atoms with Crippen molar-refractivity contribution in [3.8, 4) is 0 Å². The van der Waals surface area contributed by atoms with Gasteiger partial charge in [-0.25, -0.2) is 0 Å². The van der Waals surface area contributed by atoms with Crippen LogP contribution >= 0.6 is 0 Å². The molecule has 0 aromatic rings. The van der Waals surface area contributed by atoms with E-state index in [9.17, 15) is 0 Å². The summed E-state index contributed by atoms with van der Waals surface area (Å²) in [5, 5.41) is 0. The molecule has 0 amide bonds. The fourth-order valence-corrected chi connectivity index (χ4v) is 3.58. The molecule has 2 saturated heterocycles. The number of piperidine rings is 1. The highest BCUT2D eigenvalue weighted by atomic mass is 16.5. The predicted octanol–water partition coefficient (Wildman–Crippen LogP) is 2.39. The van der Waals surface area contributed by atoms with E-state index in [1.165, 1.54) is 45.1 Å². The van der Waals surface area contributed by atoms with E-state index < -0.39 is 0 Å². The molecule has 106 valence electrons. The van der Waals surface area contributed by atoms with Crippen LogP contribution in [0.2, 0.25) is 0 Å². The normalized spacial score (nSPS) is 35.0. The van der Waals surface area contributed by atoms with Crippen LogP contribution < -0.4 is 5.73 Å². The average molecular weight is 254 g/mol. The van der Waals surface area contributed by atoms with Gasteiger partial charge < -0.3 is 10.5 Å². The molecule has 3 nitrogen and oxygen atoms in total. The lowest BCUT2D eigenvalue weighted by Crippen LogP contribution is -2.51. The van der Waals surface area contributed by atoms with Crippen molar-refractivity contribution in [2.24, 2.45) is 11.7 Å². The quantitative estimate of drug-likeness (QED) is 0.837. The largest absolute Gasteiger partial charge is 0.378 e. The fraction of sp³-hybridized carbons (Fsp3) is 1.00. The summed E-state index contributed by atoms with van der Waals surface area (Å²) in [6, 6.07) is 1.47. The number of ether oxygens (including phenoxy) is 1. The fourth-order valence-electron chi connectivity index (χ4n) is 3.58. The molecule has 0 aromatic heterocycles. The lowest BCUT2D eigenvalue weighted by Gasteiger charge is -2.45. The average Bonchev–Trinajstić information content (AvgIpc) is 2.40. The zero-order valence-electron chi connectivity index (χ0n) is 12.1. The minimum Gasteiger partial charge on any atom is -0.378 e. The monoisotopic (exact) mass is 254 g/mol. The van der Waals surface area contributed by atoms with Crippen LogP contribution in [0, 0.1) is 5.92 Å². The Hall–Kier alpha value is -0.120. The van der Waals surface area contributed by atoms with E-state index >= 15 is 0 Å². The van der Waals surface area contributed by atoms with Crippen LogP contribution in [0.3, 0.4) is 0 Å². The summed E-state index contributed by atoms with van der Waals surface area (Å²) in [4.78, 5) is 2.76. The van der Waals surface area contributed by atoms with Gasteiger partial charge in [-0.05, 0) is 51.1 Å². The van der Waals surface area contributed by atoms with Crippen molar-refractivity contribution < 1.29 is 4.74 Å². The lowest BCUT2D eigenvalue weighted by molar-refractivity contribution is -0.0618.